The summed E-state index contributed by atoms with van der Waals surface area (Å²) in [6.07, 6.45) is 2.30. The van der Waals surface area contributed by atoms with Gasteiger partial charge in [0.05, 0.1) is 13.0 Å². The number of ketones is 1. The third-order valence-corrected chi connectivity index (χ3v) is 5.43. The second-order valence-electron chi connectivity index (χ2n) is 4.67. The molecule has 0 radical (unpaired) electrons. The third-order valence-electron chi connectivity index (χ3n) is 3.62. The molecule has 0 amide bonds. The van der Waals surface area contributed by atoms with Gasteiger partial charge in [0.2, 0.25) is 0 Å². The van der Waals surface area contributed by atoms with E-state index in [9.17, 15) is 14.2 Å². The monoisotopic (exact) mass is 292 g/mol. The van der Waals surface area contributed by atoms with Crippen LogP contribution in [-0.2, 0) is 27.9 Å². The molecule has 1 rings (SSSR count). The Hall–Kier alpha value is -0.710. The Kier molecular flexibility index (Phi) is 6.17. The van der Waals surface area contributed by atoms with Gasteiger partial charge < -0.3 is 13.8 Å². The van der Waals surface area contributed by atoms with Gasteiger partial charge in [-0.05, 0) is 25.7 Å². The highest BCUT2D eigenvalue weighted by Crippen LogP contribution is 2.47. The summed E-state index contributed by atoms with van der Waals surface area (Å²) in [7, 11) is 0.622. The Morgan fingerprint density at radius 2 is 1.47 bits per heavy atom. The Bertz CT molecular complexity index is 364. The van der Waals surface area contributed by atoms with Gasteiger partial charge in [0.25, 0.3) is 0 Å². The molecule has 0 N–H and O–H groups in total. The van der Waals surface area contributed by atoms with Crippen molar-refractivity contribution in [2.75, 3.05) is 27.5 Å². The highest BCUT2D eigenvalue weighted by atomic mass is 31.2. The minimum Gasteiger partial charge on any atom is -0.469 e. The van der Waals surface area contributed by atoms with Gasteiger partial charge in [-0.3, -0.25) is 14.2 Å². The Morgan fingerprint density at radius 3 is 1.89 bits per heavy atom. The van der Waals surface area contributed by atoms with Crippen molar-refractivity contribution in [3.8, 4) is 0 Å². The van der Waals surface area contributed by atoms with E-state index in [0.29, 0.717) is 25.7 Å². The molecule has 0 atom stereocenters. The van der Waals surface area contributed by atoms with E-state index in [1.807, 2.05) is 0 Å². The van der Waals surface area contributed by atoms with Gasteiger partial charge in [0.15, 0.2) is 0 Å². The van der Waals surface area contributed by atoms with Crippen LogP contribution < -0.4 is 0 Å². The first-order valence-electron chi connectivity index (χ1n) is 6.26. The lowest BCUT2D eigenvalue weighted by atomic mass is 9.80. The minimum absolute atomic E-state index is 0.115. The predicted molar refractivity (Wildman–Crippen MR) is 69.0 cm³/mol. The zero-order valence-corrected chi connectivity index (χ0v) is 12.5. The van der Waals surface area contributed by atoms with E-state index in [1.165, 1.54) is 21.3 Å². The summed E-state index contributed by atoms with van der Waals surface area (Å²) in [6, 6.07) is 0. The summed E-state index contributed by atoms with van der Waals surface area (Å²) in [5.41, 5.74) is 0. The van der Waals surface area contributed by atoms with Crippen molar-refractivity contribution in [1.82, 2.24) is 0 Å². The van der Waals surface area contributed by atoms with Crippen LogP contribution in [0.25, 0.3) is 0 Å². The van der Waals surface area contributed by atoms with E-state index in [4.69, 9.17) is 13.8 Å². The van der Waals surface area contributed by atoms with Gasteiger partial charge in [0.1, 0.15) is 11.9 Å². The molecule has 0 heterocycles. The number of Topliss-reactive ketones (excluding diaryl/α,β-unsaturated/α-hetero) is 1. The maximum atomic E-state index is 12.0. The first kappa shape index (κ1) is 16.3. The fraction of sp³-hybridized carbons (Fsp3) is 0.833. The molecule has 7 heteroatoms. The molecule has 1 saturated carbocycles. The average molecular weight is 292 g/mol. The molecule has 6 nitrogen and oxygen atoms in total. The number of rotatable bonds is 6. The third kappa shape index (κ3) is 4.41. The van der Waals surface area contributed by atoms with Gasteiger partial charge in [-0.1, -0.05) is 0 Å². The smallest absolute Gasteiger partial charge is 0.337 e. The molecule has 1 fully saturated rings. The van der Waals surface area contributed by atoms with Crippen LogP contribution in [0.15, 0.2) is 0 Å². The molecule has 0 aromatic rings. The fourth-order valence-corrected chi connectivity index (χ4v) is 3.39. The summed E-state index contributed by atoms with van der Waals surface area (Å²) in [5, 5.41) is 0. The van der Waals surface area contributed by atoms with Crippen molar-refractivity contribution >= 4 is 19.3 Å². The normalized spacial score (nSPS) is 23.9. The van der Waals surface area contributed by atoms with Crippen LogP contribution in [0, 0.1) is 11.8 Å². The first-order chi connectivity index (χ1) is 8.95. The Labute approximate surface area is 113 Å². The van der Waals surface area contributed by atoms with E-state index >= 15 is 0 Å². The number of hydrogen-bond acceptors (Lipinski definition) is 6. The van der Waals surface area contributed by atoms with E-state index in [1.54, 1.807) is 0 Å². The van der Waals surface area contributed by atoms with Crippen LogP contribution in [0.5, 0.6) is 0 Å². The van der Waals surface area contributed by atoms with Crippen molar-refractivity contribution in [2.45, 2.75) is 25.7 Å². The number of carbonyl (C=O) groups is 2. The summed E-state index contributed by atoms with van der Waals surface area (Å²) in [5.74, 6) is -0.620. The van der Waals surface area contributed by atoms with Crippen LogP contribution >= 0.6 is 7.60 Å². The highest BCUT2D eigenvalue weighted by molar-refractivity contribution is 7.54. The second kappa shape index (κ2) is 7.17. The number of methoxy groups -OCH3 is 1. The average Bonchev–Trinajstić information content (AvgIpc) is 2.46. The van der Waals surface area contributed by atoms with Crippen molar-refractivity contribution < 1.29 is 27.9 Å². The van der Waals surface area contributed by atoms with Crippen molar-refractivity contribution in [2.24, 2.45) is 11.8 Å². The first-order valence-corrected chi connectivity index (χ1v) is 7.99. The largest absolute Gasteiger partial charge is 0.469 e. The molecule has 0 aromatic carbocycles. The van der Waals surface area contributed by atoms with Crippen LogP contribution in [0.2, 0.25) is 0 Å². The van der Waals surface area contributed by atoms with Gasteiger partial charge in [-0.15, -0.1) is 0 Å². The molecule has 0 spiro atoms. The van der Waals surface area contributed by atoms with Crippen molar-refractivity contribution in [3.05, 3.63) is 0 Å². The van der Waals surface area contributed by atoms with Crippen molar-refractivity contribution in [1.29, 1.82) is 0 Å². The van der Waals surface area contributed by atoms with Gasteiger partial charge in [-0.2, -0.15) is 0 Å². The SMILES string of the molecule is COC(=O)[C@H]1CC[C@H](C(=O)CP(=O)(OC)OC)CC1. The number of esters is 1. The van der Waals surface area contributed by atoms with Gasteiger partial charge in [0, 0.05) is 20.1 Å². The number of carbonyl (C=O) groups excluding carboxylic acids is 2. The van der Waals surface area contributed by atoms with E-state index < -0.39 is 7.60 Å². The summed E-state index contributed by atoms with van der Waals surface area (Å²) >= 11 is 0. The van der Waals surface area contributed by atoms with Crippen LogP contribution in [-0.4, -0.2) is 39.2 Å². The van der Waals surface area contributed by atoms with Crippen molar-refractivity contribution in [3.63, 3.8) is 0 Å². The predicted octanol–water partition coefficient (Wildman–Crippen LogP) is 2.02. The Balaban J connectivity index is 2.49. The topological polar surface area (TPSA) is 78.9 Å². The summed E-state index contributed by atoms with van der Waals surface area (Å²) in [6.45, 7) is 0. The van der Waals surface area contributed by atoms with E-state index in [0.717, 1.165) is 0 Å². The lowest BCUT2D eigenvalue weighted by molar-refractivity contribution is -0.147. The molecule has 0 aromatic heterocycles. The second-order valence-corrected chi connectivity index (χ2v) is 6.94. The molecule has 0 saturated heterocycles. The van der Waals surface area contributed by atoms with Gasteiger partial charge >= 0.3 is 13.6 Å². The quantitative estimate of drug-likeness (QED) is 0.550. The summed E-state index contributed by atoms with van der Waals surface area (Å²) in [4.78, 5) is 23.4. The minimum atomic E-state index is -3.29. The molecule has 110 valence electrons. The van der Waals surface area contributed by atoms with E-state index in [2.05, 4.69) is 0 Å². The molecule has 1 aliphatic rings. The molecule has 0 bridgehead atoms. The molecule has 0 unspecified atom stereocenters. The lowest BCUT2D eigenvalue weighted by Gasteiger charge is -2.26. The maximum absolute atomic E-state index is 12.0. The van der Waals surface area contributed by atoms with Crippen LogP contribution in [0.4, 0.5) is 0 Å². The molecular weight excluding hydrogens is 271 g/mol. The zero-order chi connectivity index (χ0) is 14.5. The summed E-state index contributed by atoms with van der Waals surface area (Å²) < 4.78 is 26.1. The fourth-order valence-electron chi connectivity index (χ4n) is 2.34. The van der Waals surface area contributed by atoms with Crippen LogP contribution in [0.1, 0.15) is 25.7 Å². The number of hydrogen-bond donors (Lipinski definition) is 0. The lowest BCUT2D eigenvalue weighted by Crippen LogP contribution is -2.28. The van der Waals surface area contributed by atoms with Gasteiger partial charge in [-0.25, -0.2) is 0 Å². The molecule has 0 aliphatic heterocycles. The highest BCUT2D eigenvalue weighted by Gasteiger charge is 2.34. The molecule has 19 heavy (non-hydrogen) atoms. The molecular formula is C12H21O6P. The Morgan fingerprint density at radius 1 is 1.00 bits per heavy atom. The number of ether oxygens (including phenoxy) is 1. The van der Waals surface area contributed by atoms with E-state index in [-0.39, 0.29) is 29.8 Å². The maximum Gasteiger partial charge on any atom is 0.337 e. The zero-order valence-electron chi connectivity index (χ0n) is 11.6. The van der Waals surface area contributed by atoms with Crippen LogP contribution in [0.3, 0.4) is 0 Å². The molecule has 1 aliphatic carbocycles. The standard InChI is InChI=1S/C12H21O6P/c1-16-12(14)10-6-4-9(5-7-10)11(13)8-19(15,17-2)18-3/h9-10H,4-8H2,1-3H3/t9-,10-.